The number of para-hydroxylation sites is 2. The van der Waals surface area contributed by atoms with Gasteiger partial charge in [0.1, 0.15) is 17.1 Å². The van der Waals surface area contributed by atoms with Crippen LogP contribution in [0.2, 0.25) is 0 Å². The van der Waals surface area contributed by atoms with Crippen LogP contribution in [0.4, 0.5) is 11.6 Å². The Morgan fingerprint density at radius 3 is 1.96 bits per heavy atom. The number of rotatable bonds is 5. The number of anilines is 2. The third-order valence-electron chi connectivity index (χ3n) is 9.40. The minimum absolute atomic E-state index is 0.506. The molecule has 0 unspecified atom stereocenters. The summed E-state index contributed by atoms with van der Waals surface area (Å²) in [5, 5.41) is 3.33. The number of hydrogen-bond acceptors (Lipinski definition) is 7. The van der Waals surface area contributed by atoms with Gasteiger partial charge in [-0.15, -0.1) is 0 Å². The fourth-order valence-corrected chi connectivity index (χ4v) is 6.84. The number of benzene rings is 5. The number of nitrogens with zero attached hydrogens (tertiary/aromatic N) is 6. The molecule has 9 rings (SSSR count). The topological polar surface area (TPSA) is 77.7 Å². The molecule has 5 aromatic carbocycles. The van der Waals surface area contributed by atoms with Crippen molar-refractivity contribution in [3.05, 3.63) is 146 Å². The zero-order valence-electron chi connectivity index (χ0n) is 28.1. The molecule has 0 N–H and O–H groups in total. The third kappa shape index (κ3) is 5.16. The van der Waals surface area contributed by atoms with E-state index >= 15 is 0 Å². The van der Waals surface area contributed by atoms with Crippen LogP contribution in [-0.2, 0) is 0 Å². The molecule has 0 aliphatic carbocycles. The zero-order valence-corrected chi connectivity index (χ0v) is 28.1. The first-order chi connectivity index (χ1) is 25.1. The predicted octanol–water partition coefficient (Wildman–Crippen LogP) is 9.61. The standard InChI is InChI=1S/C43H32N6O2/c1-27-11-5-4-10-24-48(43-46-40(28-16-20-30(50-2)21-17-28)45-41(47-43)29-18-22-31(51-3)23-19-29)38-26-39-35(25-34(27)38)32-12-6-7-13-33(32)42-44-36-14-8-9-15-37(36)49(39)42/h4-23,25-26H,1,24H2,2-3H3/b10-4-,11-5-. The normalized spacial score (nSPS) is 14.3. The van der Waals surface area contributed by atoms with Crippen molar-refractivity contribution in [1.82, 2.24) is 24.3 Å². The number of aromatic nitrogens is 5. The molecular formula is C43H32N6O2. The van der Waals surface area contributed by atoms with Crippen molar-refractivity contribution < 1.29 is 9.47 Å². The number of methoxy groups -OCH3 is 2. The van der Waals surface area contributed by atoms with Crippen molar-refractivity contribution in [3.8, 4) is 34.3 Å². The maximum Gasteiger partial charge on any atom is 0.234 e. The molecule has 246 valence electrons. The lowest BCUT2D eigenvalue weighted by atomic mass is 9.97. The van der Waals surface area contributed by atoms with Crippen LogP contribution in [0.5, 0.6) is 11.5 Å². The first-order valence-corrected chi connectivity index (χ1v) is 16.7. The van der Waals surface area contributed by atoms with E-state index in [1.807, 2.05) is 66.7 Å². The quantitative estimate of drug-likeness (QED) is 0.170. The maximum absolute atomic E-state index is 5.44. The number of hydrogen-bond donors (Lipinski definition) is 0. The third-order valence-corrected chi connectivity index (χ3v) is 9.40. The van der Waals surface area contributed by atoms with Crippen molar-refractivity contribution >= 4 is 55.6 Å². The van der Waals surface area contributed by atoms with Gasteiger partial charge in [-0.2, -0.15) is 9.97 Å². The van der Waals surface area contributed by atoms with Crippen LogP contribution in [0, 0.1) is 0 Å². The van der Waals surface area contributed by atoms with Gasteiger partial charge in [-0.25, -0.2) is 9.97 Å². The molecule has 8 heteroatoms. The van der Waals surface area contributed by atoms with E-state index in [0.717, 1.165) is 77.8 Å². The predicted molar refractivity (Wildman–Crippen MR) is 206 cm³/mol. The van der Waals surface area contributed by atoms with Gasteiger partial charge in [0, 0.05) is 34.0 Å². The lowest BCUT2D eigenvalue weighted by molar-refractivity contribution is 0.415. The van der Waals surface area contributed by atoms with Gasteiger partial charge in [-0.05, 0) is 83.8 Å². The summed E-state index contributed by atoms with van der Waals surface area (Å²) in [6.45, 7) is 5.04. The van der Waals surface area contributed by atoms with E-state index in [2.05, 4.69) is 82.6 Å². The van der Waals surface area contributed by atoms with Gasteiger partial charge in [0.15, 0.2) is 11.6 Å². The van der Waals surface area contributed by atoms with Gasteiger partial charge in [-0.1, -0.05) is 67.3 Å². The van der Waals surface area contributed by atoms with E-state index in [0.29, 0.717) is 24.1 Å². The van der Waals surface area contributed by atoms with Gasteiger partial charge >= 0.3 is 0 Å². The molecule has 8 nitrogen and oxygen atoms in total. The molecule has 4 heterocycles. The van der Waals surface area contributed by atoms with E-state index < -0.39 is 0 Å². The molecule has 0 atom stereocenters. The van der Waals surface area contributed by atoms with E-state index in [4.69, 9.17) is 29.4 Å². The van der Waals surface area contributed by atoms with Gasteiger partial charge in [0.2, 0.25) is 5.95 Å². The largest absolute Gasteiger partial charge is 0.497 e. The summed E-state index contributed by atoms with van der Waals surface area (Å²) in [5.41, 5.74) is 8.39. The van der Waals surface area contributed by atoms with E-state index in [1.54, 1.807) is 14.2 Å². The Kier molecular flexibility index (Phi) is 7.28. The minimum Gasteiger partial charge on any atom is -0.497 e. The summed E-state index contributed by atoms with van der Waals surface area (Å²) < 4.78 is 13.1. The number of ether oxygens (including phenoxy) is 2. The molecule has 1 aliphatic heterocycles. The fourth-order valence-electron chi connectivity index (χ4n) is 6.84. The van der Waals surface area contributed by atoms with Gasteiger partial charge in [0.25, 0.3) is 0 Å². The van der Waals surface area contributed by atoms with E-state index in [1.165, 1.54) is 0 Å². The van der Waals surface area contributed by atoms with Gasteiger partial charge in [0.05, 0.1) is 36.5 Å². The SMILES string of the molecule is C=C1/C=C\C=C/CN(c2nc(-c3ccc(OC)cc3)nc(-c3ccc(OC)cc3)n2)c2cc3c(cc21)c1ccccc1c1nc2ccccc2n31. The zero-order chi connectivity index (χ0) is 34.5. The van der Waals surface area contributed by atoms with Crippen molar-refractivity contribution in [2.75, 3.05) is 25.7 Å². The van der Waals surface area contributed by atoms with Crippen LogP contribution in [-0.4, -0.2) is 45.1 Å². The summed E-state index contributed by atoms with van der Waals surface area (Å²) in [5.74, 6) is 3.11. The summed E-state index contributed by atoms with van der Waals surface area (Å²) in [7, 11) is 3.31. The number of allylic oxidation sites excluding steroid dienone is 4. The van der Waals surface area contributed by atoms with Crippen molar-refractivity contribution in [2.45, 2.75) is 0 Å². The molecule has 0 radical (unpaired) electrons. The Hall–Kier alpha value is -6.80. The Morgan fingerprint density at radius 1 is 0.627 bits per heavy atom. The molecule has 0 fully saturated rings. The average Bonchev–Trinajstić information content (AvgIpc) is 3.61. The van der Waals surface area contributed by atoms with Crippen molar-refractivity contribution in [1.29, 1.82) is 0 Å². The summed E-state index contributed by atoms with van der Waals surface area (Å²) in [6.07, 6.45) is 8.23. The first-order valence-electron chi connectivity index (χ1n) is 16.7. The lowest BCUT2D eigenvalue weighted by Crippen LogP contribution is -2.22. The Morgan fingerprint density at radius 2 is 1.27 bits per heavy atom. The van der Waals surface area contributed by atoms with Gasteiger partial charge < -0.3 is 14.4 Å². The molecule has 1 aliphatic rings. The van der Waals surface area contributed by atoms with Crippen LogP contribution >= 0.6 is 0 Å². The summed E-state index contributed by atoms with van der Waals surface area (Å²) >= 11 is 0. The van der Waals surface area contributed by atoms with Crippen LogP contribution < -0.4 is 14.4 Å². The Labute approximate surface area is 294 Å². The molecule has 0 saturated carbocycles. The molecule has 0 saturated heterocycles. The van der Waals surface area contributed by atoms with Gasteiger partial charge in [-0.3, -0.25) is 4.40 Å². The molecule has 0 bridgehead atoms. The van der Waals surface area contributed by atoms with Crippen LogP contribution in [0.1, 0.15) is 5.56 Å². The highest BCUT2D eigenvalue weighted by atomic mass is 16.5. The highest BCUT2D eigenvalue weighted by Crippen LogP contribution is 2.40. The minimum atomic E-state index is 0.506. The van der Waals surface area contributed by atoms with Crippen LogP contribution in [0.25, 0.3) is 66.7 Å². The first kappa shape index (κ1) is 30.3. The molecule has 0 spiro atoms. The maximum atomic E-state index is 5.44. The molecule has 8 aromatic rings. The fraction of sp³-hybridized carbons (Fsp3) is 0.0698. The highest BCUT2D eigenvalue weighted by molar-refractivity contribution is 6.15. The second kappa shape index (κ2) is 12.3. The monoisotopic (exact) mass is 664 g/mol. The Bertz CT molecular complexity index is 2640. The molecule has 51 heavy (non-hydrogen) atoms. The molecular weight excluding hydrogens is 633 g/mol. The molecule has 0 amide bonds. The molecule has 3 aromatic heterocycles. The lowest BCUT2D eigenvalue weighted by Gasteiger charge is -2.26. The van der Waals surface area contributed by atoms with Crippen molar-refractivity contribution in [3.63, 3.8) is 0 Å². The van der Waals surface area contributed by atoms with Crippen LogP contribution in [0.3, 0.4) is 0 Å². The Balaban J connectivity index is 1.34. The van der Waals surface area contributed by atoms with E-state index in [-0.39, 0.29) is 0 Å². The number of imidazole rings is 1. The second-order valence-electron chi connectivity index (χ2n) is 12.4. The highest BCUT2D eigenvalue weighted by Gasteiger charge is 2.23. The number of pyridine rings is 1. The number of fused-ring (bicyclic) bond motifs is 9. The van der Waals surface area contributed by atoms with E-state index in [9.17, 15) is 0 Å². The summed E-state index contributed by atoms with van der Waals surface area (Å²) in [4.78, 5) is 22.5. The average molecular weight is 665 g/mol. The smallest absolute Gasteiger partial charge is 0.234 e. The van der Waals surface area contributed by atoms with Crippen LogP contribution in [0.15, 0.2) is 140 Å². The van der Waals surface area contributed by atoms with Crippen molar-refractivity contribution in [2.24, 2.45) is 0 Å². The summed E-state index contributed by atoms with van der Waals surface area (Å²) in [6, 6.07) is 36.8. The second-order valence-corrected chi connectivity index (χ2v) is 12.4.